The Hall–Kier alpha value is -2.66. The van der Waals surface area contributed by atoms with E-state index in [0.717, 1.165) is 23.8 Å². The number of nitrogens with zero attached hydrogens (tertiary/aromatic N) is 3. The zero-order chi connectivity index (χ0) is 20.5. The van der Waals surface area contributed by atoms with Gasteiger partial charge in [0.1, 0.15) is 0 Å². The molecule has 0 saturated carbocycles. The Labute approximate surface area is 178 Å². The number of aryl methyl sites for hydroxylation is 2. The summed E-state index contributed by atoms with van der Waals surface area (Å²) in [4.78, 5) is 6.97. The van der Waals surface area contributed by atoms with Crippen molar-refractivity contribution in [3.63, 3.8) is 0 Å². The molecular formula is C24H28N4S. The Morgan fingerprint density at radius 1 is 1.07 bits per heavy atom. The first-order chi connectivity index (χ1) is 14.0. The van der Waals surface area contributed by atoms with Crippen molar-refractivity contribution in [1.29, 1.82) is 0 Å². The van der Waals surface area contributed by atoms with Crippen LogP contribution in [0.2, 0.25) is 0 Å². The third-order valence-electron chi connectivity index (χ3n) is 5.81. The summed E-state index contributed by atoms with van der Waals surface area (Å²) in [5.41, 5.74) is 7.34. The topological polar surface area (TPSA) is 33.1 Å². The Bertz CT molecular complexity index is 1020. The van der Waals surface area contributed by atoms with Gasteiger partial charge in [-0.25, -0.2) is 0 Å². The summed E-state index contributed by atoms with van der Waals surface area (Å²) < 4.78 is 2.37. The Morgan fingerprint density at radius 3 is 2.52 bits per heavy atom. The second-order valence-corrected chi connectivity index (χ2v) is 8.16. The average molecular weight is 405 g/mol. The van der Waals surface area contributed by atoms with Crippen molar-refractivity contribution >= 4 is 17.3 Å². The molecule has 4 rings (SSSR count). The summed E-state index contributed by atoms with van der Waals surface area (Å²) >= 11 is 5.74. The maximum atomic E-state index is 5.74. The van der Waals surface area contributed by atoms with Crippen LogP contribution in [0.3, 0.4) is 0 Å². The Balaban J connectivity index is 1.85. The van der Waals surface area contributed by atoms with Crippen molar-refractivity contribution in [1.82, 2.24) is 19.8 Å². The first-order valence-corrected chi connectivity index (χ1v) is 10.7. The third kappa shape index (κ3) is 3.44. The zero-order valence-electron chi connectivity index (χ0n) is 17.5. The van der Waals surface area contributed by atoms with Crippen LogP contribution in [0.5, 0.6) is 0 Å². The van der Waals surface area contributed by atoms with E-state index in [4.69, 9.17) is 12.2 Å². The highest BCUT2D eigenvalue weighted by atomic mass is 32.1. The highest BCUT2D eigenvalue weighted by molar-refractivity contribution is 7.80. The molecule has 3 aromatic rings. The fourth-order valence-corrected chi connectivity index (χ4v) is 4.83. The SMILES string of the molecule is CCCN1C(=S)N[C@H](c2ccccn2)[C@@H]1c1cc(C)n(-c2ccccc2C)c1C. The summed E-state index contributed by atoms with van der Waals surface area (Å²) in [6.07, 6.45) is 2.90. The predicted molar refractivity (Wildman–Crippen MR) is 122 cm³/mol. The van der Waals surface area contributed by atoms with Gasteiger partial charge >= 0.3 is 0 Å². The highest BCUT2D eigenvalue weighted by Gasteiger charge is 2.40. The van der Waals surface area contributed by atoms with Gasteiger partial charge < -0.3 is 14.8 Å². The predicted octanol–water partition coefficient (Wildman–Crippen LogP) is 5.18. The molecule has 1 fully saturated rings. The summed E-state index contributed by atoms with van der Waals surface area (Å²) in [6.45, 7) is 9.69. The molecule has 0 amide bonds. The lowest BCUT2D eigenvalue weighted by Crippen LogP contribution is -2.30. The van der Waals surface area contributed by atoms with Crippen LogP contribution in [-0.2, 0) is 0 Å². The van der Waals surface area contributed by atoms with Gasteiger partial charge in [-0.15, -0.1) is 0 Å². The van der Waals surface area contributed by atoms with Gasteiger partial charge in [0, 0.05) is 29.8 Å². The van der Waals surface area contributed by atoms with Gasteiger partial charge in [-0.1, -0.05) is 31.2 Å². The number of nitrogens with one attached hydrogen (secondary N) is 1. The number of benzene rings is 1. The molecule has 1 N–H and O–H groups in total. The molecule has 0 unspecified atom stereocenters. The lowest BCUT2D eigenvalue weighted by atomic mass is 9.96. The minimum atomic E-state index is 0.0427. The van der Waals surface area contributed by atoms with Crippen LogP contribution in [-0.4, -0.2) is 26.1 Å². The molecule has 0 spiro atoms. The van der Waals surface area contributed by atoms with Crippen molar-refractivity contribution < 1.29 is 0 Å². The van der Waals surface area contributed by atoms with E-state index >= 15 is 0 Å². The molecular weight excluding hydrogens is 376 g/mol. The highest BCUT2D eigenvalue weighted by Crippen LogP contribution is 2.41. The molecule has 0 bridgehead atoms. The van der Waals surface area contributed by atoms with Crippen LogP contribution in [0.25, 0.3) is 5.69 Å². The number of aromatic nitrogens is 2. The molecule has 1 aromatic carbocycles. The van der Waals surface area contributed by atoms with Crippen LogP contribution in [0, 0.1) is 20.8 Å². The molecule has 3 heterocycles. The number of thiocarbonyl (C=S) groups is 1. The van der Waals surface area contributed by atoms with E-state index in [-0.39, 0.29) is 12.1 Å². The molecule has 0 aliphatic carbocycles. The summed E-state index contributed by atoms with van der Waals surface area (Å²) in [7, 11) is 0. The van der Waals surface area contributed by atoms with Crippen LogP contribution in [0.4, 0.5) is 0 Å². The molecule has 2 aromatic heterocycles. The van der Waals surface area contributed by atoms with Crippen molar-refractivity contribution in [3.8, 4) is 5.69 Å². The normalized spacial score (nSPS) is 18.9. The molecule has 0 radical (unpaired) electrons. The summed E-state index contributed by atoms with van der Waals surface area (Å²) in [6, 6.07) is 17.1. The van der Waals surface area contributed by atoms with Crippen molar-refractivity contribution in [2.45, 2.75) is 46.2 Å². The Morgan fingerprint density at radius 2 is 1.83 bits per heavy atom. The molecule has 1 aliphatic rings. The zero-order valence-corrected chi connectivity index (χ0v) is 18.3. The molecule has 1 aliphatic heterocycles. The van der Waals surface area contributed by atoms with Crippen molar-refractivity contribution in [2.24, 2.45) is 0 Å². The van der Waals surface area contributed by atoms with E-state index in [1.54, 1.807) is 0 Å². The van der Waals surface area contributed by atoms with Crippen LogP contribution >= 0.6 is 12.2 Å². The first-order valence-electron chi connectivity index (χ1n) is 10.3. The minimum absolute atomic E-state index is 0.0427. The van der Waals surface area contributed by atoms with E-state index in [1.165, 1.54) is 28.2 Å². The largest absolute Gasteiger partial charge is 0.352 e. The van der Waals surface area contributed by atoms with E-state index in [9.17, 15) is 0 Å². The van der Waals surface area contributed by atoms with Crippen molar-refractivity contribution in [2.75, 3.05) is 6.54 Å². The van der Waals surface area contributed by atoms with Crippen LogP contribution < -0.4 is 5.32 Å². The fraction of sp³-hybridized carbons (Fsp3) is 0.333. The summed E-state index contributed by atoms with van der Waals surface area (Å²) in [5, 5.41) is 4.36. The van der Waals surface area contributed by atoms with Gasteiger partial charge in [0.15, 0.2) is 5.11 Å². The number of hydrogen-bond donors (Lipinski definition) is 1. The fourth-order valence-electron chi connectivity index (χ4n) is 4.50. The third-order valence-corrected chi connectivity index (χ3v) is 6.16. The average Bonchev–Trinajstić information content (AvgIpc) is 3.19. The quantitative estimate of drug-likeness (QED) is 0.594. The van der Waals surface area contributed by atoms with Gasteiger partial charge in [-0.2, -0.15) is 0 Å². The molecule has 150 valence electrons. The lowest BCUT2D eigenvalue weighted by molar-refractivity contribution is 0.316. The minimum Gasteiger partial charge on any atom is -0.352 e. The lowest BCUT2D eigenvalue weighted by Gasteiger charge is -2.28. The smallest absolute Gasteiger partial charge is 0.170 e. The maximum Gasteiger partial charge on any atom is 0.170 e. The van der Waals surface area contributed by atoms with Gasteiger partial charge in [0.2, 0.25) is 0 Å². The molecule has 1 saturated heterocycles. The van der Waals surface area contributed by atoms with Crippen molar-refractivity contribution in [3.05, 3.63) is 82.9 Å². The number of pyridine rings is 1. The number of hydrogen-bond acceptors (Lipinski definition) is 2. The maximum absolute atomic E-state index is 5.74. The number of rotatable bonds is 5. The standard InChI is InChI=1S/C24H28N4S/c1-5-14-27-23(22(26-24(27)29)20-11-8-9-13-25-20)19-15-17(3)28(18(19)4)21-12-7-6-10-16(21)2/h6-13,15,22-23H,5,14H2,1-4H3,(H,26,29)/t22-,23+/m1/s1. The summed E-state index contributed by atoms with van der Waals surface area (Å²) in [5.74, 6) is 0. The first kappa shape index (κ1) is 19.6. The monoisotopic (exact) mass is 404 g/mol. The van der Waals surface area contributed by atoms with Gasteiger partial charge in [-0.3, -0.25) is 4.98 Å². The van der Waals surface area contributed by atoms with Gasteiger partial charge in [0.05, 0.1) is 17.8 Å². The van der Waals surface area contributed by atoms with Gasteiger partial charge in [-0.05, 0) is 74.8 Å². The molecule has 4 nitrogen and oxygen atoms in total. The van der Waals surface area contributed by atoms with Gasteiger partial charge in [0.25, 0.3) is 0 Å². The van der Waals surface area contributed by atoms with E-state index in [0.29, 0.717) is 0 Å². The number of para-hydroxylation sites is 1. The second kappa shape index (κ2) is 7.99. The second-order valence-electron chi connectivity index (χ2n) is 7.77. The van der Waals surface area contributed by atoms with E-state index in [2.05, 4.69) is 83.9 Å². The Kier molecular flexibility index (Phi) is 5.41. The molecule has 5 heteroatoms. The molecule has 29 heavy (non-hydrogen) atoms. The van der Waals surface area contributed by atoms with E-state index < -0.39 is 0 Å². The van der Waals surface area contributed by atoms with Crippen LogP contribution in [0.15, 0.2) is 54.7 Å². The van der Waals surface area contributed by atoms with E-state index in [1.807, 2.05) is 18.3 Å². The van der Waals surface area contributed by atoms with Crippen LogP contribution in [0.1, 0.15) is 53.6 Å². The molecule has 2 atom stereocenters.